The normalized spacial score (nSPS) is 11.2. The molecule has 0 saturated heterocycles. The Labute approximate surface area is 97.7 Å². The summed E-state index contributed by atoms with van der Waals surface area (Å²) in [5.74, 6) is 0. The highest BCUT2D eigenvalue weighted by molar-refractivity contribution is 4.49. The fourth-order valence-electron chi connectivity index (χ4n) is 1.47. The van der Waals surface area contributed by atoms with E-state index in [0.717, 1.165) is 6.54 Å². The highest BCUT2D eigenvalue weighted by atomic mass is 19.3. The molecule has 4 heteroatoms. The van der Waals surface area contributed by atoms with Gasteiger partial charge in [-0.15, -0.1) is 0 Å². The lowest BCUT2D eigenvalue weighted by Crippen LogP contribution is -2.22. The van der Waals surface area contributed by atoms with Crippen LogP contribution in [0.3, 0.4) is 0 Å². The van der Waals surface area contributed by atoms with Crippen molar-refractivity contribution in [1.82, 2.24) is 5.32 Å². The Bertz CT molecular complexity index is 134. The molecule has 0 unspecified atom stereocenters. The Morgan fingerprint density at radius 3 is 2.38 bits per heavy atom. The first-order chi connectivity index (χ1) is 7.77. The van der Waals surface area contributed by atoms with Crippen LogP contribution in [0.2, 0.25) is 0 Å². The summed E-state index contributed by atoms with van der Waals surface area (Å²) < 4.78 is 28.1. The molecule has 0 saturated carbocycles. The molecule has 0 aromatic rings. The molecule has 0 aromatic carbocycles. The van der Waals surface area contributed by atoms with Gasteiger partial charge in [-0.1, -0.05) is 39.0 Å². The summed E-state index contributed by atoms with van der Waals surface area (Å²) in [5, 5.41) is 3.18. The van der Waals surface area contributed by atoms with Gasteiger partial charge in [0.2, 0.25) is 0 Å². The molecule has 0 atom stereocenters. The van der Waals surface area contributed by atoms with Crippen molar-refractivity contribution in [3.05, 3.63) is 0 Å². The van der Waals surface area contributed by atoms with Crippen LogP contribution in [-0.2, 0) is 4.74 Å². The van der Waals surface area contributed by atoms with Crippen molar-refractivity contribution in [2.75, 3.05) is 26.3 Å². The summed E-state index contributed by atoms with van der Waals surface area (Å²) in [6, 6.07) is 0. The molecule has 0 aliphatic rings. The van der Waals surface area contributed by atoms with Crippen molar-refractivity contribution in [3.63, 3.8) is 0 Å². The largest absolute Gasteiger partial charge is 0.374 e. The lowest BCUT2D eigenvalue weighted by Gasteiger charge is -2.05. The fraction of sp³-hybridized carbons (Fsp3) is 1.00. The molecule has 98 valence electrons. The monoisotopic (exact) mass is 237 g/mol. The van der Waals surface area contributed by atoms with E-state index in [1.54, 1.807) is 0 Å². The molecule has 0 heterocycles. The van der Waals surface area contributed by atoms with Gasteiger partial charge in [0.05, 0.1) is 6.61 Å². The molecule has 0 spiro atoms. The number of hydrogen-bond donors (Lipinski definition) is 1. The Morgan fingerprint density at radius 1 is 1.00 bits per heavy atom. The van der Waals surface area contributed by atoms with Gasteiger partial charge in [0, 0.05) is 6.54 Å². The van der Waals surface area contributed by atoms with E-state index in [9.17, 15) is 8.78 Å². The first-order valence-corrected chi connectivity index (χ1v) is 6.34. The van der Waals surface area contributed by atoms with Gasteiger partial charge in [-0.25, -0.2) is 8.78 Å². The number of nitrogens with one attached hydrogen (secondary N) is 1. The minimum absolute atomic E-state index is 0.375. The van der Waals surface area contributed by atoms with Crippen LogP contribution in [0.1, 0.15) is 45.4 Å². The molecular weight excluding hydrogens is 212 g/mol. The average molecular weight is 237 g/mol. The fourth-order valence-corrected chi connectivity index (χ4v) is 1.47. The maximum Gasteiger partial charge on any atom is 0.261 e. The van der Waals surface area contributed by atoms with E-state index in [1.165, 1.54) is 38.5 Å². The van der Waals surface area contributed by atoms with Crippen LogP contribution in [0.4, 0.5) is 8.78 Å². The maximum absolute atomic E-state index is 11.7. The number of ether oxygens (including phenoxy) is 1. The van der Waals surface area contributed by atoms with Gasteiger partial charge in [0.25, 0.3) is 6.43 Å². The highest BCUT2D eigenvalue weighted by Gasteiger charge is 2.00. The molecule has 0 aromatic heterocycles. The predicted molar refractivity (Wildman–Crippen MR) is 63.1 cm³/mol. The molecule has 0 bridgehead atoms. The van der Waals surface area contributed by atoms with Gasteiger partial charge in [0.15, 0.2) is 0 Å². The second-order valence-corrected chi connectivity index (χ2v) is 3.98. The van der Waals surface area contributed by atoms with E-state index in [1.807, 2.05) is 0 Å². The third-order valence-electron chi connectivity index (χ3n) is 2.37. The summed E-state index contributed by atoms with van der Waals surface area (Å²) in [6.45, 7) is 3.77. The Hall–Kier alpha value is -0.220. The Morgan fingerprint density at radius 2 is 1.69 bits per heavy atom. The van der Waals surface area contributed by atoms with Gasteiger partial charge in [0.1, 0.15) is 6.61 Å². The van der Waals surface area contributed by atoms with Gasteiger partial charge < -0.3 is 10.1 Å². The number of alkyl halides is 2. The summed E-state index contributed by atoms with van der Waals surface area (Å²) in [7, 11) is 0. The molecule has 2 nitrogen and oxygen atoms in total. The standard InChI is InChI=1S/C12H25F2NO/c1-2-3-4-5-6-7-8-15-9-10-16-11-12(13)14/h12,15H,2-11H2,1H3. The second-order valence-electron chi connectivity index (χ2n) is 3.98. The van der Waals surface area contributed by atoms with Crippen molar-refractivity contribution < 1.29 is 13.5 Å². The highest BCUT2D eigenvalue weighted by Crippen LogP contribution is 2.03. The Balaban J connectivity index is 2.88. The third-order valence-corrected chi connectivity index (χ3v) is 2.37. The molecule has 0 aliphatic heterocycles. The Kier molecular flexibility index (Phi) is 12.7. The van der Waals surface area contributed by atoms with Gasteiger partial charge >= 0.3 is 0 Å². The second kappa shape index (κ2) is 12.8. The smallest absolute Gasteiger partial charge is 0.261 e. The summed E-state index contributed by atoms with van der Waals surface area (Å²) >= 11 is 0. The minimum atomic E-state index is -2.35. The van der Waals surface area contributed by atoms with Crippen LogP contribution < -0.4 is 5.32 Å². The number of unbranched alkanes of at least 4 members (excludes halogenated alkanes) is 5. The van der Waals surface area contributed by atoms with E-state index in [0.29, 0.717) is 13.2 Å². The van der Waals surface area contributed by atoms with Gasteiger partial charge in [-0.2, -0.15) is 0 Å². The zero-order chi connectivity index (χ0) is 12.1. The number of halogens is 2. The lowest BCUT2D eigenvalue weighted by atomic mass is 10.1. The molecule has 0 radical (unpaired) electrons. The van der Waals surface area contributed by atoms with E-state index in [-0.39, 0.29) is 0 Å². The van der Waals surface area contributed by atoms with Crippen molar-refractivity contribution >= 4 is 0 Å². The SMILES string of the molecule is CCCCCCCCNCCOCC(F)F. The summed E-state index contributed by atoms with van der Waals surface area (Å²) in [5.41, 5.74) is 0. The van der Waals surface area contributed by atoms with Crippen molar-refractivity contribution in [2.24, 2.45) is 0 Å². The lowest BCUT2D eigenvalue weighted by molar-refractivity contribution is 0.0188. The molecule has 0 fully saturated rings. The predicted octanol–water partition coefficient (Wildman–Crippen LogP) is 3.22. The first-order valence-electron chi connectivity index (χ1n) is 6.34. The van der Waals surface area contributed by atoms with Crippen LogP contribution in [0.5, 0.6) is 0 Å². The van der Waals surface area contributed by atoms with Gasteiger partial charge in [-0.3, -0.25) is 0 Å². The quantitative estimate of drug-likeness (QED) is 0.526. The zero-order valence-electron chi connectivity index (χ0n) is 10.3. The van der Waals surface area contributed by atoms with E-state index < -0.39 is 13.0 Å². The van der Waals surface area contributed by atoms with Crippen LogP contribution in [0, 0.1) is 0 Å². The zero-order valence-corrected chi connectivity index (χ0v) is 10.3. The summed E-state index contributed by atoms with van der Waals surface area (Å²) in [6.07, 6.45) is 5.31. The molecule has 16 heavy (non-hydrogen) atoms. The van der Waals surface area contributed by atoms with Crippen LogP contribution >= 0.6 is 0 Å². The minimum Gasteiger partial charge on any atom is -0.374 e. The van der Waals surface area contributed by atoms with Crippen LogP contribution in [-0.4, -0.2) is 32.7 Å². The third kappa shape index (κ3) is 13.8. The van der Waals surface area contributed by atoms with Crippen molar-refractivity contribution in [3.8, 4) is 0 Å². The maximum atomic E-state index is 11.7. The van der Waals surface area contributed by atoms with E-state index in [4.69, 9.17) is 4.74 Å². The van der Waals surface area contributed by atoms with E-state index >= 15 is 0 Å². The van der Waals surface area contributed by atoms with Crippen LogP contribution in [0.15, 0.2) is 0 Å². The van der Waals surface area contributed by atoms with Crippen molar-refractivity contribution in [1.29, 1.82) is 0 Å². The molecule has 0 aliphatic carbocycles. The average Bonchev–Trinajstić information content (AvgIpc) is 2.25. The molecule has 1 N–H and O–H groups in total. The van der Waals surface area contributed by atoms with Crippen molar-refractivity contribution in [2.45, 2.75) is 51.9 Å². The first kappa shape index (κ1) is 15.8. The van der Waals surface area contributed by atoms with Gasteiger partial charge in [-0.05, 0) is 13.0 Å². The number of hydrogen-bond acceptors (Lipinski definition) is 2. The molecular formula is C12H25F2NO. The topological polar surface area (TPSA) is 21.3 Å². The van der Waals surface area contributed by atoms with E-state index in [2.05, 4.69) is 12.2 Å². The molecule has 0 rings (SSSR count). The van der Waals surface area contributed by atoms with Crippen LogP contribution in [0.25, 0.3) is 0 Å². The molecule has 0 amide bonds. The summed E-state index contributed by atoms with van der Waals surface area (Å²) in [4.78, 5) is 0. The number of rotatable bonds is 12.